The van der Waals surface area contributed by atoms with Crippen LogP contribution in [0.25, 0.3) is 29.0 Å². The summed E-state index contributed by atoms with van der Waals surface area (Å²) in [6.45, 7) is 10.9. The van der Waals surface area contributed by atoms with Crippen LogP contribution in [-0.4, -0.2) is 168 Å². The van der Waals surface area contributed by atoms with E-state index in [4.69, 9.17) is 49.5 Å². The summed E-state index contributed by atoms with van der Waals surface area (Å²) in [5, 5.41) is 25.2. The average molecular weight is 1820 g/mol. The Balaban J connectivity index is 0.000000178. The number of rotatable bonds is 29. The number of benzene rings is 5. The molecule has 7 aliphatic rings. The van der Waals surface area contributed by atoms with Gasteiger partial charge in [-0.05, 0) is 186 Å². The Morgan fingerprint density at radius 2 is 0.838 bits per heavy atom. The molecule has 7 heterocycles. The standard InChI is InChI=1S/C22H23BrN2O4.C21H23BrN2O6.C21H23BrN2O5.C21H23ClN2O5/c1-2-29-20(26)8-7-19(13-16-9-10-24-21(16)27)25-22(28)15-4-3-14-5-6-18(23)12-17(14)11-15;1-2-28-20(26)6-4-15(9-14-7-8-23-21(14)27)24-19(25)5-3-13-10-17-18(11-16(13)22)30-12-29-17;2*1-2-28-19(25)6-4-17(11-13-7-8-23-20(13)26)24-21(27)15-9-14-10-16(22)3-5-18(14)29-12-15/h3-8,11-12,16,19H,2,9-10,13H2,1H3,(H,24,27)(H,25,28);3-6,10-11,14-15H,2,7-9,12H2,1H3,(H,23,27)(H,24,25);2*3-6,9-10,13,17H,2,7-8,11-12H2,1H3,(H,23,26)(H,24,27)/b8-7+;5-3+,6-4+;2*6-4+/t16-,19+;14-,15+;2*13-,17+/m0000/s1. The molecule has 0 aliphatic carbocycles. The van der Waals surface area contributed by atoms with Gasteiger partial charge in [0, 0.05) is 140 Å². The van der Waals surface area contributed by atoms with E-state index in [1.165, 1.54) is 30.4 Å². The van der Waals surface area contributed by atoms with Crippen molar-refractivity contribution in [2.45, 2.75) is 103 Å². The number of hydrogen-bond acceptors (Lipinski definition) is 20. The second-order valence-corrected chi connectivity index (χ2v) is 30.5. The van der Waals surface area contributed by atoms with Crippen LogP contribution < -0.4 is 61.5 Å². The third-order valence-corrected chi connectivity index (χ3v) is 20.9. The van der Waals surface area contributed by atoms with Crippen molar-refractivity contribution >= 4 is 160 Å². The molecular weight excluding hydrogens is 1730 g/mol. The summed E-state index contributed by atoms with van der Waals surface area (Å²) < 4.78 is 44.1. The first-order valence-electron chi connectivity index (χ1n) is 38.3. The Hall–Kier alpha value is -10.9. The van der Waals surface area contributed by atoms with Gasteiger partial charge in [0.1, 0.15) is 24.7 Å². The monoisotopic (exact) mass is 1820 g/mol. The number of ether oxygens (including phenoxy) is 8. The second-order valence-electron chi connectivity index (χ2n) is 27.4. The van der Waals surface area contributed by atoms with Crippen LogP contribution in [0, 0.1) is 23.7 Å². The van der Waals surface area contributed by atoms with Gasteiger partial charge in [0.25, 0.3) is 17.7 Å². The number of amides is 8. The van der Waals surface area contributed by atoms with Crippen LogP contribution in [0.4, 0.5) is 0 Å². The van der Waals surface area contributed by atoms with Crippen molar-refractivity contribution in [2.75, 3.05) is 72.6 Å². The third kappa shape index (κ3) is 28.5. The maximum atomic E-state index is 12.8. The maximum absolute atomic E-state index is 12.8. The first kappa shape index (κ1) is 90.0. The Labute approximate surface area is 706 Å². The minimum atomic E-state index is -0.498. The molecule has 8 atom stereocenters. The van der Waals surface area contributed by atoms with Crippen LogP contribution in [0.2, 0.25) is 5.02 Å². The molecule has 5 aromatic carbocycles. The number of fused-ring (bicyclic) bond motifs is 4. The smallest absolute Gasteiger partial charge is 0.330 e. The van der Waals surface area contributed by atoms with E-state index in [2.05, 4.69) is 90.3 Å². The van der Waals surface area contributed by atoms with Gasteiger partial charge in [-0.3, -0.25) is 38.4 Å². The Bertz CT molecular complexity index is 4590. The largest absolute Gasteiger partial charge is 0.488 e. The molecular formula is C85H92Br3ClN8O20. The highest BCUT2D eigenvalue weighted by Crippen LogP contribution is 2.38. The highest BCUT2D eigenvalue weighted by molar-refractivity contribution is 9.11. The van der Waals surface area contributed by atoms with Gasteiger partial charge in [-0.15, -0.1) is 0 Å². The SMILES string of the molecule is CCOC(=O)/C=C/[C@H](C[C@@H]1CCNC1=O)NC(=O)/C=C/c1cc2c(cc1Br)OCO2.CCOC(=O)/C=C/[C@H](C[C@@H]1CCNC1=O)NC(=O)C1=Cc2cc(Br)ccc2OC1.CCOC(=O)/C=C/[C@H](C[C@@H]1CCNC1=O)NC(=O)C1=Cc2cc(Cl)ccc2OC1.CCOC(=O)/C=C/[C@H](C[C@@H]1CCNC1=O)NC(=O)c1ccc2ccc(Br)cc2c1. The van der Waals surface area contributed by atoms with Crippen molar-refractivity contribution in [3.63, 3.8) is 0 Å². The van der Waals surface area contributed by atoms with Crippen LogP contribution in [0.3, 0.4) is 0 Å². The van der Waals surface area contributed by atoms with Crippen LogP contribution in [0.1, 0.15) is 106 Å². The number of hydrogen-bond donors (Lipinski definition) is 8. The molecule has 28 nitrogen and oxygen atoms in total. The van der Waals surface area contributed by atoms with Crippen molar-refractivity contribution in [2.24, 2.45) is 23.7 Å². The van der Waals surface area contributed by atoms with E-state index in [1.54, 1.807) is 107 Å². The van der Waals surface area contributed by atoms with E-state index in [0.717, 1.165) is 40.9 Å². The molecule has 7 aliphatic heterocycles. The maximum Gasteiger partial charge on any atom is 0.330 e. The van der Waals surface area contributed by atoms with Gasteiger partial charge in [0.05, 0.1) is 37.6 Å². The molecule has 620 valence electrons. The fraction of sp³-hybridized carbons (Fsp3) is 0.365. The van der Waals surface area contributed by atoms with Crippen molar-refractivity contribution in [1.82, 2.24) is 42.5 Å². The van der Waals surface area contributed by atoms with Crippen LogP contribution in [0.15, 0.2) is 164 Å². The molecule has 0 spiro atoms. The lowest BCUT2D eigenvalue weighted by molar-refractivity contribution is -0.138. The summed E-state index contributed by atoms with van der Waals surface area (Å²) in [4.78, 5) is 145. The topological polar surface area (TPSA) is 375 Å². The van der Waals surface area contributed by atoms with Crippen molar-refractivity contribution in [3.8, 4) is 23.0 Å². The fourth-order valence-electron chi connectivity index (χ4n) is 13.1. The fourth-order valence-corrected chi connectivity index (χ4v) is 14.5. The molecule has 5 aromatic rings. The van der Waals surface area contributed by atoms with Gasteiger partial charge >= 0.3 is 23.9 Å². The quantitative estimate of drug-likeness (QED) is 0.0125. The number of nitrogens with one attached hydrogen (secondary N) is 8. The number of esters is 4. The van der Waals surface area contributed by atoms with E-state index in [-0.39, 0.29) is 117 Å². The Kier molecular flexibility index (Phi) is 35.1. The van der Waals surface area contributed by atoms with Crippen LogP contribution in [0.5, 0.6) is 23.0 Å². The van der Waals surface area contributed by atoms with Crippen LogP contribution >= 0.6 is 59.4 Å². The molecule has 4 saturated heterocycles. The number of halogens is 4. The zero-order valence-corrected chi connectivity index (χ0v) is 70.3. The predicted molar refractivity (Wildman–Crippen MR) is 447 cm³/mol. The van der Waals surface area contributed by atoms with E-state index >= 15 is 0 Å². The number of carbonyl (C=O) groups excluding carboxylic acids is 12. The van der Waals surface area contributed by atoms with Gasteiger partial charge in [-0.2, -0.15) is 0 Å². The first-order chi connectivity index (χ1) is 56.3. The van der Waals surface area contributed by atoms with E-state index < -0.39 is 48.0 Å². The summed E-state index contributed by atoms with van der Waals surface area (Å²) in [5.41, 5.74) is 3.71. The van der Waals surface area contributed by atoms with Gasteiger partial charge in [0.15, 0.2) is 11.5 Å². The van der Waals surface area contributed by atoms with Crippen molar-refractivity contribution < 1.29 is 95.4 Å². The van der Waals surface area contributed by atoms with Gasteiger partial charge in [-0.1, -0.05) is 95.8 Å². The van der Waals surface area contributed by atoms with E-state index in [9.17, 15) is 57.5 Å². The molecule has 12 rings (SSSR count). The molecule has 8 N–H and O–H groups in total. The Morgan fingerprint density at radius 1 is 0.444 bits per heavy atom. The molecule has 0 radical (unpaired) electrons. The molecule has 0 saturated carbocycles. The summed E-state index contributed by atoms with van der Waals surface area (Å²) in [5.74, 6) is -1.54. The molecule has 0 unspecified atom stereocenters. The van der Waals surface area contributed by atoms with Crippen LogP contribution in [-0.2, 0) is 71.7 Å². The summed E-state index contributed by atoms with van der Waals surface area (Å²) in [6.07, 6.45) is 22.4. The van der Waals surface area contributed by atoms with Gasteiger partial charge in [0.2, 0.25) is 36.3 Å². The lowest BCUT2D eigenvalue weighted by atomic mass is 9.97. The molecule has 32 heteroatoms. The summed E-state index contributed by atoms with van der Waals surface area (Å²) >= 11 is 16.3. The van der Waals surface area contributed by atoms with Gasteiger partial charge in [-0.25, -0.2) is 19.2 Å². The Morgan fingerprint density at radius 3 is 1.27 bits per heavy atom. The summed E-state index contributed by atoms with van der Waals surface area (Å²) in [7, 11) is 0. The lowest BCUT2D eigenvalue weighted by Gasteiger charge is -2.21. The van der Waals surface area contributed by atoms with Gasteiger partial charge < -0.3 is 80.4 Å². The number of carbonyl (C=O) groups is 12. The van der Waals surface area contributed by atoms with E-state index in [0.29, 0.717) is 122 Å². The predicted octanol–water partition coefficient (Wildman–Crippen LogP) is 10.3. The third-order valence-electron chi connectivity index (χ3n) is 19.0. The molecule has 0 aromatic heterocycles. The molecule has 0 bridgehead atoms. The summed E-state index contributed by atoms with van der Waals surface area (Å²) in [6, 6.07) is 23.8. The lowest BCUT2D eigenvalue weighted by Crippen LogP contribution is -2.38. The minimum Gasteiger partial charge on any atom is -0.488 e. The molecule has 117 heavy (non-hydrogen) atoms. The van der Waals surface area contributed by atoms with Crippen molar-refractivity contribution in [1.29, 1.82) is 0 Å². The highest BCUT2D eigenvalue weighted by Gasteiger charge is 2.33. The minimum absolute atomic E-state index is 0.0238. The molecule has 8 amide bonds. The first-order valence-corrected chi connectivity index (χ1v) is 41.1. The second kappa shape index (κ2) is 45.6. The highest BCUT2D eigenvalue weighted by atomic mass is 79.9. The van der Waals surface area contributed by atoms with E-state index in [1.807, 2.05) is 48.5 Å². The molecule has 4 fully saturated rings. The zero-order chi connectivity index (χ0) is 83.9. The zero-order valence-electron chi connectivity index (χ0n) is 64.7. The van der Waals surface area contributed by atoms with Crippen molar-refractivity contribution in [3.05, 3.63) is 191 Å². The normalized spacial score (nSPS) is 18.5. The average Bonchev–Trinajstić information content (AvgIpc) is 1.75.